The second kappa shape index (κ2) is 10.6. The van der Waals surface area contributed by atoms with Crippen molar-refractivity contribution in [3.63, 3.8) is 0 Å². The Morgan fingerprint density at radius 2 is 1.84 bits per heavy atom. The number of anilines is 2. The Morgan fingerprint density at radius 3 is 2.50 bits per heavy atom. The lowest BCUT2D eigenvalue weighted by Gasteiger charge is -2.28. The molecule has 4 heterocycles. The van der Waals surface area contributed by atoms with Gasteiger partial charge in [-0.15, -0.1) is 0 Å². The first kappa shape index (κ1) is 25.4. The monoisotopic (exact) mass is 526 g/mol. The number of nitrogens with one attached hydrogen (secondary N) is 2. The van der Waals surface area contributed by atoms with Crippen LogP contribution in [0.2, 0.25) is 0 Å². The summed E-state index contributed by atoms with van der Waals surface area (Å²) in [5, 5.41) is 7.00. The molecule has 1 aliphatic heterocycles. The van der Waals surface area contributed by atoms with Crippen LogP contribution in [0.4, 0.5) is 11.4 Å². The second-order valence-corrected chi connectivity index (χ2v) is 9.52. The summed E-state index contributed by atoms with van der Waals surface area (Å²) in [5.41, 5.74) is 5.61. The number of benzene rings is 1. The molecule has 194 valence electrons. The molecule has 1 saturated heterocycles. The smallest absolute Gasteiger partial charge is 0.224 e. The standard InChI is InChI=1S/C29H30N6O2S/c1-5-26(36)32-22-13-12-20(17-24(22)37-4)35-28(27(33-29(35)38)23-10-6-8-14-30-23)21-16-18(2)34(19(21)3)25-11-7-9-15-31-25/h6-17,27-28H,5H2,1-4H3,(H,32,36)(H,33,38). The van der Waals surface area contributed by atoms with Gasteiger partial charge in [0, 0.05) is 42.0 Å². The van der Waals surface area contributed by atoms with Gasteiger partial charge in [0.2, 0.25) is 5.91 Å². The number of aromatic nitrogens is 3. The zero-order chi connectivity index (χ0) is 26.8. The minimum absolute atomic E-state index is 0.0792. The summed E-state index contributed by atoms with van der Waals surface area (Å²) < 4.78 is 7.81. The normalized spacial score (nSPS) is 16.8. The molecule has 2 unspecified atom stereocenters. The number of hydrogen-bond donors (Lipinski definition) is 2. The lowest BCUT2D eigenvalue weighted by atomic mass is 9.96. The van der Waals surface area contributed by atoms with Crippen LogP contribution in [0, 0.1) is 13.8 Å². The van der Waals surface area contributed by atoms with Crippen LogP contribution in [0.15, 0.2) is 73.1 Å². The number of methoxy groups -OCH3 is 1. The van der Waals surface area contributed by atoms with E-state index in [1.165, 1.54) is 0 Å². The molecule has 5 rings (SSSR count). The van der Waals surface area contributed by atoms with Gasteiger partial charge >= 0.3 is 0 Å². The Morgan fingerprint density at radius 1 is 1.08 bits per heavy atom. The van der Waals surface area contributed by atoms with Crippen molar-refractivity contribution in [3.05, 3.63) is 95.7 Å². The van der Waals surface area contributed by atoms with Crippen molar-refractivity contribution in [2.45, 2.75) is 39.3 Å². The van der Waals surface area contributed by atoms with Crippen molar-refractivity contribution in [2.75, 3.05) is 17.3 Å². The highest BCUT2D eigenvalue weighted by Gasteiger charge is 2.42. The van der Waals surface area contributed by atoms with Gasteiger partial charge < -0.3 is 24.8 Å². The fraction of sp³-hybridized carbons (Fsp3) is 0.241. The van der Waals surface area contributed by atoms with Gasteiger partial charge in [0.05, 0.1) is 30.6 Å². The Hall–Kier alpha value is -4.24. The fourth-order valence-electron chi connectivity index (χ4n) is 5.05. The topological polar surface area (TPSA) is 84.3 Å². The molecule has 9 heteroatoms. The number of ether oxygens (including phenoxy) is 1. The number of pyridine rings is 2. The van der Waals surface area contributed by atoms with E-state index in [0.717, 1.165) is 34.2 Å². The van der Waals surface area contributed by atoms with Crippen molar-refractivity contribution >= 4 is 34.6 Å². The number of thiocarbonyl (C=S) groups is 1. The van der Waals surface area contributed by atoms with Crippen LogP contribution in [0.3, 0.4) is 0 Å². The highest BCUT2D eigenvalue weighted by Crippen LogP contribution is 2.45. The molecule has 0 spiro atoms. The predicted molar refractivity (Wildman–Crippen MR) is 153 cm³/mol. The first-order valence-electron chi connectivity index (χ1n) is 12.5. The van der Waals surface area contributed by atoms with Crippen molar-refractivity contribution in [3.8, 4) is 11.6 Å². The number of carbonyl (C=O) groups excluding carboxylic acids is 1. The molecular weight excluding hydrogens is 496 g/mol. The molecule has 0 radical (unpaired) electrons. The number of amides is 1. The van der Waals surface area contributed by atoms with Crippen LogP contribution < -0.4 is 20.3 Å². The van der Waals surface area contributed by atoms with Crippen LogP contribution in [0.5, 0.6) is 5.75 Å². The lowest BCUT2D eigenvalue weighted by molar-refractivity contribution is -0.115. The molecule has 3 aromatic heterocycles. The molecule has 38 heavy (non-hydrogen) atoms. The molecule has 8 nitrogen and oxygen atoms in total. The first-order chi connectivity index (χ1) is 18.4. The summed E-state index contributed by atoms with van der Waals surface area (Å²) in [5.74, 6) is 1.34. The number of rotatable bonds is 7. The maximum Gasteiger partial charge on any atom is 0.224 e. The highest BCUT2D eigenvalue weighted by molar-refractivity contribution is 7.80. The lowest BCUT2D eigenvalue weighted by Crippen LogP contribution is -2.29. The molecular formula is C29H30N6O2S. The van der Waals surface area contributed by atoms with E-state index in [2.05, 4.69) is 50.0 Å². The summed E-state index contributed by atoms with van der Waals surface area (Å²) in [6.07, 6.45) is 3.98. The van der Waals surface area contributed by atoms with Crippen LogP contribution in [-0.4, -0.2) is 32.7 Å². The molecule has 2 atom stereocenters. The highest BCUT2D eigenvalue weighted by atomic mass is 32.1. The maximum atomic E-state index is 12.0. The first-order valence-corrected chi connectivity index (χ1v) is 12.9. The van der Waals surface area contributed by atoms with Crippen molar-refractivity contribution < 1.29 is 9.53 Å². The minimum Gasteiger partial charge on any atom is -0.494 e. The van der Waals surface area contributed by atoms with Gasteiger partial charge in [-0.1, -0.05) is 19.1 Å². The number of carbonyl (C=O) groups is 1. The molecule has 0 saturated carbocycles. The molecule has 1 amide bonds. The van der Waals surface area contributed by atoms with Crippen molar-refractivity contribution in [2.24, 2.45) is 0 Å². The summed E-state index contributed by atoms with van der Waals surface area (Å²) in [6.45, 7) is 6.00. The molecule has 0 aliphatic carbocycles. The fourth-order valence-corrected chi connectivity index (χ4v) is 5.39. The maximum absolute atomic E-state index is 12.0. The second-order valence-electron chi connectivity index (χ2n) is 9.13. The number of nitrogens with zero attached hydrogens (tertiary/aromatic N) is 4. The van der Waals surface area contributed by atoms with Crippen molar-refractivity contribution in [1.29, 1.82) is 0 Å². The third-order valence-electron chi connectivity index (χ3n) is 6.82. The Labute approximate surface area is 227 Å². The van der Waals surface area contributed by atoms with E-state index in [-0.39, 0.29) is 18.0 Å². The summed E-state index contributed by atoms with van der Waals surface area (Å²) >= 11 is 5.91. The summed E-state index contributed by atoms with van der Waals surface area (Å²) in [7, 11) is 1.59. The molecule has 1 fully saturated rings. The van der Waals surface area contributed by atoms with Gasteiger partial charge in [-0.2, -0.15) is 0 Å². The van der Waals surface area contributed by atoms with Gasteiger partial charge in [0.1, 0.15) is 11.6 Å². The van der Waals surface area contributed by atoms with E-state index in [4.69, 9.17) is 17.0 Å². The van der Waals surface area contributed by atoms with Crippen LogP contribution in [0.1, 0.15) is 48.1 Å². The van der Waals surface area contributed by atoms with E-state index in [1.807, 2.05) is 61.5 Å². The van der Waals surface area contributed by atoms with Gasteiger partial charge in [0.15, 0.2) is 5.11 Å². The summed E-state index contributed by atoms with van der Waals surface area (Å²) in [6, 6.07) is 19.3. The molecule has 0 bridgehead atoms. The average Bonchev–Trinajstić information content (AvgIpc) is 3.44. The zero-order valence-corrected chi connectivity index (χ0v) is 22.6. The SMILES string of the molecule is CCC(=O)Nc1ccc(N2C(=S)NC(c3ccccn3)C2c2cc(C)n(-c3ccccn3)c2C)cc1OC. The molecule has 1 aromatic carbocycles. The van der Waals surface area contributed by atoms with Gasteiger partial charge in [-0.3, -0.25) is 9.78 Å². The van der Waals surface area contributed by atoms with E-state index < -0.39 is 0 Å². The summed E-state index contributed by atoms with van der Waals surface area (Å²) in [4.78, 5) is 23.4. The molecule has 4 aromatic rings. The van der Waals surface area contributed by atoms with E-state index in [1.54, 1.807) is 19.5 Å². The average molecular weight is 527 g/mol. The minimum atomic E-state index is -0.193. The number of hydrogen-bond acceptors (Lipinski definition) is 5. The van der Waals surface area contributed by atoms with E-state index in [9.17, 15) is 4.79 Å². The Kier molecular flexibility index (Phi) is 7.11. The van der Waals surface area contributed by atoms with E-state index >= 15 is 0 Å². The quantitative estimate of drug-likeness (QED) is 0.311. The van der Waals surface area contributed by atoms with Gasteiger partial charge in [0.25, 0.3) is 0 Å². The van der Waals surface area contributed by atoms with Crippen LogP contribution in [0.25, 0.3) is 5.82 Å². The largest absolute Gasteiger partial charge is 0.494 e. The number of aryl methyl sites for hydroxylation is 1. The molecule has 2 N–H and O–H groups in total. The Bertz CT molecular complexity index is 1470. The zero-order valence-electron chi connectivity index (χ0n) is 21.8. The predicted octanol–water partition coefficient (Wildman–Crippen LogP) is 5.42. The van der Waals surface area contributed by atoms with Gasteiger partial charge in [-0.05, 0) is 74.1 Å². The van der Waals surface area contributed by atoms with Gasteiger partial charge in [-0.25, -0.2) is 4.98 Å². The molecule has 1 aliphatic rings. The third kappa shape index (κ3) is 4.61. The van der Waals surface area contributed by atoms with Crippen LogP contribution in [-0.2, 0) is 4.79 Å². The van der Waals surface area contributed by atoms with Crippen LogP contribution >= 0.6 is 12.2 Å². The van der Waals surface area contributed by atoms with E-state index in [0.29, 0.717) is 23.0 Å². The third-order valence-corrected chi connectivity index (χ3v) is 7.14. The van der Waals surface area contributed by atoms with Crippen molar-refractivity contribution in [1.82, 2.24) is 19.9 Å². The Balaban J connectivity index is 1.64.